The maximum absolute atomic E-state index is 11.2. The van der Waals surface area contributed by atoms with Crippen molar-refractivity contribution < 1.29 is 14.6 Å². The number of carbonyl (C=O) groups is 1. The monoisotopic (exact) mass is 427 g/mol. The molecule has 4 nitrogen and oxygen atoms in total. The Kier molecular flexibility index (Phi) is 8.08. The van der Waals surface area contributed by atoms with Crippen LogP contribution in [0.5, 0.6) is 0 Å². The van der Waals surface area contributed by atoms with Crippen molar-refractivity contribution in [3.05, 3.63) is 76.9 Å². The van der Waals surface area contributed by atoms with Crippen molar-refractivity contribution in [2.45, 2.75) is 25.7 Å². The Morgan fingerprint density at radius 3 is 2.33 bits per heavy atom. The molecule has 0 unspecified atom stereocenters. The molecule has 2 aromatic rings. The molecule has 0 spiro atoms. The lowest BCUT2D eigenvalue weighted by Crippen LogP contribution is -2.40. The zero-order valence-electron chi connectivity index (χ0n) is 17.3. The lowest BCUT2D eigenvalue weighted by atomic mass is 9.94. The molecule has 30 heavy (non-hydrogen) atoms. The highest BCUT2D eigenvalue weighted by Crippen LogP contribution is 2.33. The van der Waals surface area contributed by atoms with Gasteiger partial charge in [0.05, 0.1) is 19.1 Å². The van der Waals surface area contributed by atoms with Crippen molar-refractivity contribution in [1.82, 2.24) is 4.90 Å². The lowest BCUT2D eigenvalue weighted by molar-refractivity contribution is -0.143. The molecule has 0 bridgehead atoms. The average Bonchev–Trinajstić information content (AvgIpc) is 2.91. The Morgan fingerprint density at radius 2 is 1.70 bits per heavy atom. The lowest BCUT2D eigenvalue weighted by Gasteiger charge is -2.30. The molecule has 1 aliphatic heterocycles. The molecular weight excluding hydrogens is 398 g/mol. The number of aryl methyl sites for hydroxylation is 2. The van der Waals surface area contributed by atoms with Gasteiger partial charge in [-0.2, -0.15) is 0 Å². The van der Waals surface area contributed by atoms with Gasteiger partial charge in [0.2, 0.25) is 0 Å². The van der Waals surface area contributed by atoms with Crippen LogP contribution in [0.3, 0.4) is 0 Å². The first-order valence-electron chi connectivity index (χ1n) is 10.6. The number of carboxylic acid groups (broad SMARTS) is 1. The number of halogens is 1. The first kappa shape index (κ1) is 22.5. The Morgan fingerprint density at radius 1 is 1.07 bits per heavy atom. The van der Waals surface area contributed by atoms with Gasteiger partial charge in [0.25, 0.3) is 0 Å². The number of fused-ring (bicyclic) bond motifs is 2. The van der Waals surface area contributed by atoms with E-state index in [1.807, 2.05) is 0 Å². The molecule has 0 amide bonds. The standard InChI is InChI=1S/C25H29NO3.ClH/c27-25(28)21-8-5-14-26(18-21)15-17-29-16-13-24-22-9-3-1-6-19(22)11-12-20-7-2-4-10-23(20)24;/h1-4,6-7,9-10,13,21H,5,8,11-12,14-18H2,(H,27,28);1H/t21-;/m0./s1. The fourth-order valence-electron chi connectivity index (χ4n) is 4.52. The third-order valence-electron chi connectivity index (χ3n) is 6.09. The molecule has 160 valence electrons. The van der Waals surface area contributed by atoms with Crippen LogP contribution in [0, 0.1) is 5.92 Å². The molecule has 1 N–H and O–H groups in total. The fourth-order valence-corrected chi connectivity index (χ4v) is 4.52. The SMILES string of the molecule is Cl.O=C(O)[C@H]1CCCN(CCOCC=C2c3ccccc3CCc3ccccc32)C1. The Labute approximate surface area is 185 Å². The van der Waals surface area contributed by atoms with Crippen LogP contribution in [0.15, 0.2) is 54.6 Å². The first-order valence-corrected chi connectivity index (χ1v) is 10.6. The molecule has 0 saturated carbocycles. The van der Waals surface area contributed by atoms with Crippen molar-refractivity contribution in [1.29, 1.82) is 0 Å². The van der Waals surface area contributed by atoms with Crippen LogP contribution >= 0.6 is 12.4 Å². The van der Waals surface area contributed by atoms with Gasteiger partial charge in [0.15, 0.2) is 0 Å². The summed E-state index contributed by atoms with van der Waals surface area (Å²) in [6, 6.07) is 17.3. The number of ether oxygens (including phenoxy) is 1. The minimum Gasteiger partial charge on any atom is -0.481 e. The summed E-state index contributed by atoms with van der Waals surface area (Å²) in [6.07, 6.45) is 6.07. The number of benzene rings is 2. The topological polar surface area (TPSA) is 49.8 Å². The van der Waals surface area contributed by atoms with Crippen LogP contribution in [-0.2, 0) is 22.4 Å². The number of carboxylic acids is 1. The van der Waals surface area contributed by atoms with E-state index >= 15 is 0 Å². The van der Waals surface area contributed by atoms with Crippen LogP contribution in [0.25, 0.3) is 5.57 Å². The van der Waals surface area contributed by atoms with Gasteiger partial charge < -0.3 is 14.7 Å². The fraction of sp³-hybridized carbons (Fsp3) is 0.400. The van der Waals surface area contributed by atoms with E-state index < -0.39 is 5.97 Å². The Hall–Kier alpha value is -2.14. The maximum atomic E-state index is 11.2. The third kappa shape index (κ3) is 5.31. The summed E-state index contributed by atoms with van der Waals surface area (Å²) in [6.45, 7) is 3.59. The summed E-state index contributed by atoms with van der Waals surface area (Å²) in [4.78, 5) is 13.4. The van der Waals surface area contributed by atoms with Crippen LogP contribution in [0.2, 0.25) is 0 Å². The first-order chi connectivity index (χ1) is 14.2. The number of aliphatic carboxylic acids is 1. The van der Waals surface area contributed by atoms with Crippen molar-refractivity contribution in [2.75, 3.05) is 32.8 Å². The van der Waals surface area contributed by atoms with E-state index in [1.54, 1.807) is 0 Å². The van der Waals surface area contributed by atoms with Crippen molar-refractivity contribution in [3.63, 3.8) is 0 Å². The van der Waals surface area contributed by atoms with Crippen molar-refractivity contribution >= 4 is 23.9 Å². The number of piperidine rings is 1. The van der Waals surface area contributed by atoms with E-state index in [9.17, 15) is 9.90 Å². The van der Waals surface area contributed by atoms with E-state index in [0.29, 0.717) is 19.8 Å². The average molecular weight is 428 g/mol. The number of hydrogen-bond acceptors (Lipinski definition) is 3. The van der Waals surface area contributed by atoms with Gasteiger partial charge in [-0.15, -0.1) is 12.4 Å². The molecule has 5 heteroatoms. The molecule has 0 radical (unpaired) electrons. The van der Waals surface area contributed by atoms with Gasteiger partial charge in [0, 0.05) is 13.1 Å². The summed E-state index contributed by atoms with van der Waals surface area (Å²) >= 11 is 0. The third-order valence-corrected chi connectivity index (χ3v) is 6.09. The molecular formula is C25H30ClNO3. The summed E-state index contributed by atoms with van der Waals surface area (Å²) < 4.78 is 5.94. The number of hydrogen-bond donors (Lipinski definition) is 1. The van der Waals surface area contributed by atoms with Crippen molar-refractivity contribution in [2.24, 2.45) is 5.92 Å². The number of likely N-dealkylation sites (tertiary alicyclic amines) is 1. The van der Waals surface area contributed by atoms with Crippen LogP contribution < -0.4 is 0 Å². The molecule has 1 aliphatic carbocycles. The summed E-state index contributed by atoms with van der Waals surface area (Å²) in [5, 5.41) is 9.23. The van der Waals surface area contributed by atoms with Crippen LogP contribution in [0.4, 0.5) is 0 Å². The molecule has 0 aromatic heterocycles. The largest absolute Gasteiger partial charge is 0.481 e. The quantitative estimate of drug-likeness (QED) is 0.692. The van der Waals surface area contributed by atoms with Gasteiger partial charge in [-0.3, -0.25) is 4.79 Å². The summed E-state index contributed by atoms with van der Waals surface area (Å²) in [5.41, 5.74) is 6.66. The van der Waals surface area contributed by atoms with E-state index in [2.05, 4.69) is 59.5 Å². The second-order valence-corrected chi connectivity index (χ2v) is 7.99. The number of rotatable bonds is 6. The molecule has 4 rings (SSSR count). The number of nitrogens with zero attached hydrogens (tertiary/aromatic N) is 1. The van der Waals surface area contributed by atoms with Gasteiger partial charge >= 0.3 is 5.97 Å². The highest BCUT2D eigenvalue weighted by atomic mass is 35.5. The zero-order valence-corrected chi connectivity index (χ0v) is 18.1. The van der Waals surface area contributed by atoms with E-state index in [4.69, 9.17) is 4.74 Å². The van der Waals surface area contributed by atoms with Crippen LogP contribution in [0.1, 0.15) is 35.1 Å². The normalized spacial score (nSPS) is 18.5. The molecule has 1 fully saturated rings. The van der Waals surface area contributed by atoms with Gasteiger partial charge in [-0.05, 0) is 60.1 Å². The predicted octanol–water partition coefficient (Wildman–Crippen LogP) is 4.45. The minimum atomic E-state index is -0.675. The predicted molar refractivity (Wildman–Crippen MR) is 122 cm³/mol. The van der Waals surface area contributed by atoms with Crippen LogP contribution in [-0.4, -0.2) is 48.8 Å². The van der Waals surface area contributed by atoms with Crippen molar-refractivity contribution in [3.8, 4) is 0 Å². The Bertz CT molecular complexity index is 846. The van der Waals surface area contributed by atoms with E-state index in [-0.39, 0.29) is 18.3 Å². The molecule has 2 aromatic carbocycles. The summed E-state index contributed by atoms with van der Waals surface area (Å²) in [7, 11) is 0. The highest BCUT2D eigenvalue weighted by molar-refractivity contribution is 5.85. The smallest absolute Gasteiger partial charge is 0.307 e. The maximum Gasteiger partial charge on any atom is 0.307 e. The van der Waals surface area contributed by atoms with Gasteiger partial charge in [0.1, 0.15) is 0 Å². The molecule has 1 saturated heterocycles. The molecule has 1 atom stereocenters. The summed E-state index contributed by atoms with van der Waals surface area (Å²) in [5.74, 6) is -0.907. The molecule has 1 heterocycles. The minimum absolute atomic E-state index is 0. The Balaban J connectivity index is 0.00000256. The van der Waals surface area contributed by atoms with Gasteiger partial charge in [-0.25, -0.2) is 0 Å². The second-order valence-electron chi connectivity index (χ2n) is 7.99. The molecule has 2 aliphatic rings. The van der Waals surface area contributed by atoms with Gasteiger partial charge in [-0.1, -0.05) is 54.6 Å². The zero-order chi connectivity index (χ0) is 20.1. The second kappa shape index (κ2) is 10.8. The van der Waals surface area contributed by atoms with E-state index in [0.717, 1.165) is 38.8 Å². The highest BCUT2D eigenvalue weighted by Gasteiger charge is 2.24. The van der Waals surface area contributed by atoms with E-state index in [1.165, 1.54) is 27.8 Å².